The molecule has 14 heteroatoms. The molecule has 1 rings (SSSR count). The van der Waals surface area contributed by atoms with Gasteiger partial charge in [0.1, 0.15) is 10.9 Å². The minimum atomic E-state index is -1.84. The lowest BCUT2D eigenvalue weighted by Gasteiger charge is -2.20. The maximum Gasteiger partial charge on any atom is 0.311 e. The van der Waals surface area contributed by atoms with Crippen LogP contribution in [0.1, 0.15) is 40.5 Å². The number of nitrogens with one attached hydrogen (secondary N) is 2. The summed E-state index contributed by atoms with van der Waals surface area (Å²) in [7, 11) is 0. The molecule has 0 aliphatic heterocycles. The molecule has 1 aromatic rings. The predicted octanol–water partition coefficient (Wildman–Crippen LogP) is 3.76. The van der Waals surface area contributed by atoms with Gasteiger partial charge >= 0.3 is 5.97 Å². The summed E-state index contributed by atoms with van der Waals surface area (Å²) in [6.07, 6.45) is -0.573. The normalized spacial score (nSPS) is 13.5. The Labute approximate surface area is 221 Å². The fraction of sp³-hybridized carbons (Fsp3) is 0.609. The quantitative estimate of drug-likeness (QED) is 0.0957. The summed E-state index contributed by atoms with van der Waals surface area (Å²) in [5, 5.41) is 5.32. The van der Waals surface area contributed by atoms with Gasteiger partial charge in [-0.05, 0) is 34.1 Å². The van der Waals surface area contributed by atoms with E-state index in [1.807, 2.05) is 13.8 Å². The molecule has 210 valence electrons. The van der Waals surface area contributed by atoms with E-state index in [1.54, 1.807) is 13.8 Å². The Kier molecular flexibility index (Phi) is 15.6. The van der Waals surface area contributed by atoms with Crippen LogP contribution in [0.25, 0.3) is 0 Å². The van der Waals surface area contributed by atoms with Crippen molar-refractivity contribution in [1.29, 1.82) is 0 Å². The molecule has 0 heterocycles. The molecule has 37 heavy (non-hydrogen) atoms. The topological polar surface area (TPSA) is 103 Å². The molecule has 0 spiro atoms. The molecule has 0 aromatic heterocycles. The van der Waals surface area contributed by atoms with Gasteiger partial charge in [0, 0.05) is 38.3 Å². The van der Waals surface area contributed by atoms with Crippen LogP contribution in [0, 0.1) is 23.3 Å². The van der Waals surface area contributed by atoms with Crippen molar-refractivity contribution in [3.05, 3.63) is 29.3 Å². The average Bonchev–Trinajstić information content (AvgIpc) is 2.84. The third-order valence-corrected chi connectivity index (χ3v) is 6.66. The molecule has 0 saturated carbocycles. The second-order valence-corrected chi connectivity index (χ2v) is 10.1. The standard InChI is InChI=1S/C23H32F4N2O6S2/c1-5-33-13(3)36-11-18(30)28-10-15(29-19(31)12-37-14(4)34-6-2)7-8-20(32)35-23-21(26)16(24)9-17(25)22(23)27/h9,13-15H,5-8,10-12H2,1-4H3,(H,28,30)(H,29,31)/t13-,14+,15+/m1/s1. The first-order valence-electron chi connectivity index (χ1n) is 11.5. The Morgan fingerprint density at radius 3 is 1.92 bits per heavy atom. The monoisotopic (exact) mass is 572 g/mol. The lowest BCUT2D eigenvalue weighted by Crippen LogP contribution is -2.45. The van der Waals surface area contributed by atoms with Crippen LogP contribution in [0.15, 0.2) is 6.07 Å². The van der Waals surface area contributed by atoms with Gasteiger partial charge in [0.2, 0.25) is 29.2 Å². The number of carbonyl (C=O) groups excluding carboxylic acids is 3. The van der Waals surface area contributed by atoms with E-state index >= 15 is 0 Å². The van der Waals surface area contributed by atoms with Crippen LogP contribution >= 0.6 is 23.5 Å². The summed E-state index contributed by atoms with van der Waals surface area (Å²) in [5.74, 6) is -10.4. The Bertz CT molecular complexity index is 886. The van der Waals surface area contributed by atoms with Gasteiger partial charge in [-0.25, -0.2) is 8.78 Å². The smallest absolute Gasteiger partial charge is 0.311 e. The number of ether oxygens (including phenoxy) is 3. The Balaban J connectivity index is 2.74. The van der Waals surface area contributed by atoms with Crippen LogP contribution in [0.3, 0.4) is 0 Å². The summed E-state index contributed by atoms with van der Waals surface area (Å²) in [4.78, 5) is 36.7. The molecule has 0 aliphatic carbocycles. The van der Waals surface area contributed by atoms with Crippen molar-refractivity contribution < 1.29 is 46.2 Å². The Hall–Kier alpha value is -2.03. The molecule has 1 aromatic carbocycles. The highest BCUT2D eigenvalue weighted by Crippen LogP contribution is 2.27. The summed E-state index contributed by atoms with van der Waals surface area (Å²) in [5.41, 5.74) is -0.427. The van der Waals surface area contributed by atoms with Crippen molar-refractivity contribution >= 4 is 41.3 Å². The molecule has 3 atom stereocenters. The number of amides is 2. The van der Waals surface area contributed by atoms with E-state index in [0.29, 0.717) is 13.2 Å². The molecule has 0 bridgehead atoms. The average molecular weight is 573 g/mol. The first-order valence-corrected chi connectivity index (χ1v) is 13.6. The molecule has 2 N–H and O–H groups in total. The van der Waals surface area contributed by atoms with E-state index in [2.05, 4.69) is 15.4 Å². The van der Waals surface area contributed by atoms with Crippen LogP contribution in [0.4, 0.5) is 17.6 Å². The maximum absolute atomic E-state index is 13.8. The van der Waals surface area contributed by atoms with E-state index in [9.17, 15) is 31.9 Å². The molecule has 8 nitrogen and oxygen atoms in total. The van der Waals surface area contributed by atoms with E-state index in [0.717, 1.165) is 0 Å². The summed E-state index contributed by atoms with van der Waals surface area (Å²) < 4.78 is 69.5. The molecule has 0 saturated heterocycles. The zero-order chi connectivity index (χ0) is 28.0. The molecule has 0 unspecified atom stereocenters. The van der Waals surface area contributed by atoms with Crippen molar-refractivity contribution in [3.63, 3.8) is 0 Å². The zero-order valence-corrected chi connectivity index (χ0v) is 22.7. The Morgan fingerprint density at radius 2 is 1.41 bits per heavy atom. The number of halogens is 4. The fourth-order valence-corrected chi connectivity index (χ4v) is 4.25. The van der Waals surface area contributed by atoms with Gasteiger partial charge in [0.25, 0.3) is 0 Å². The highest BCUT2D eigenvalue weighted by Gasteiger charge is 2.24. The number of hydrogen-bond donors (Lipinski definition) is 2. The lowest BCUT2D eigenvalue weighted by atomic mass is 10.1. The SMILES string of the molecule is CCO[C@@H](C)SCC(=O)NC[C@H](CCC(=O)Oc1c(F)c(F)cc(F)c1F)NC(=O)CS[C@@H](C)OCC. The molecular weight excluding hydrogens is 540 g/mol. The van der Waals surface area contributed by atoms with Crippen LogP contribution in [0.2, 0.25) is 0 Å². The van der Waals surface area contributed by atoms with E-state index < -0.39 is 53.4 Å². The van der Waals surface area contributed by atoms with Crippen LogP contribution in [-0.2, 0) is 23.9 Å². The fourth-order valence-electron chi connectivity index (χ4n) is 2.83. The summed E-state index contributed by atoms with van der Waals surface area (Å²) >= 11 is 2.51. The van der Waals surface area contributed by atoms with Gasteiger partial charge in [-0.1, -0.05) is 0 Å². The third kappa shape index (κ3) is 12.9. The molecular formula is C23H32F4N2O6S2. The van der Waals surface area contributed by atoms with E-state index in [1.165, 1.54) is 23.5 Å². The maximum atomic E-state index is 13.8. The largest absolute Gasteiger partial charge is 0.420 e. The van der Waals surface area contributed by atoms with Crippen molar-refractivity contribution in [2.24, 2.45) is 0 Å². The predicted molar refractivity (Wildman–Crippen MR) is 133 cm³/mol. The van der Waals surface area contributed by atoms with Crippen molar-refractivity contribution in [2.45, 2.75) is 57.5 Å². The van der Waals surface area contributed by atoms with Crippen molar-refractivity contribution in [1.82, 2.24) is 10.6 Å². The van der Waals surface area contributed by atoms with Crippen molar-refractivity contribution in [2.75, 3.05) is 31.3 Å². The number of hydrogen-bond acceptors (Lipinski definition) is 8. The van der Waals surface area contributed by atoms with E-state index in [4.69, 9.17) is 9.47 Å². The van der Waals surface area contributed by atoms with Crippen LogP contribution in [-0.4, -0.2) is 66.0 Å². The highest BCUT2D eigenvalue weighted by molar-refractivity contribution is 8.00. The number of carbonyl (C=O) groups is 3. The zero-order valence-electron chi connectivity index (χ0n) is 21.0. The van der Waals surface area contributed by atoms with Gasteiger partial charge in [0.05, 0.1) is 11.5 Å². The van der Waals surface area contributed by atoms with Gasteiger partial charge in [0.15, 0.2) is 11.6 Å². The number of esters is 1. The number of benzene rings is 1. The van der Waals surface area contributed by atoms with Gasteiger partial charge < -0.3 is 24.8 Å². The minimum absolute atomic E-state index is 0.00588. The van der Waals surface area contributed by atoms with Crippen molar-refractivity contribution in [3.8, 4) is 5.75 Å². The first-order chi connectivity index (χ1) is 17.5. The Morgan fingerprint density at radius 1 is 0.892 bits per heavy atom. The van der Waals surface area contributed by atoms with Gasteiger partial charge in [-0.2, -0.15) is 8.78 Å². The molecule has 0 fully saturated rings. The minimum Gasteiger partial charge on any atom is -0.420 e. The summed E-state index contributed by atoms with van der Waals surface area (Å²) in [6, 6.07) is -0.756. The molecule has 0 radical (unpaired) electrons. The molecule has 2 amide bonds. The van der Waals surface area contributed by atoms with Gasteiger partial charge in [-0.3, -0.25) is 14.4 Å². The second kappa shape index (κ2) is 17.5. The molecule has 0 aliphatic rings. The highest BCUT2D eigenvalue weighted by atomic mass is 32.2. The number of rotatable bonds is 17. The van der Waals surface area contributed by atoms with E-state index in [-0.39, 0.29) is 47.3 Å². The number of thioether (sulfide) groups is 2. The van der Waals surface area contributed by atoms with Crippen LogP contribution < -0.4 is 15.4 Å². The van der Waals surface area contributed by atoms with Gasteiger partial charge in [-0.15, -0.1) is 23.5 Å². The first kappa shape index (κ1) is 33.0. The third-order valence-electron chi connectivity index (χ3n) is 4.60. The van der Waals surface area contributed by atoms with Crippen LogP contribution in [0.5, 0.6) is 5.75 Å². The summed E-state index contributed by atoms with van der Waals surface area (Å²) in [6.45, 7) is 8.15. The second-order valence-electron chi connectivity index (χ2n) is 7.55. The lowest BCUT2D eigenvalue weighted by molar-refractivity contribution is -0.135.